The summed E-state index contributed by atoms with van der Waals surface area (Å²) >= 11 is 0. The molecule has 6 heteroatoms. The molecular weight excluding hydrogens is 454 g/mol. The second-order valence-corrected chi connectivity index (χ2v) is 18.9. The maximum absolute atomic E-state index is 12.6. The highest BCUT2D eigenvalue weighted by Crippen LogP contribution is 2.43. The Balaban J connectivity index is 5.57. The molecule has 0 saturated carbocycles. The monoisotopic (exact) mass is 513 g/mol. The SMILES string of the molecule is C=C[C@H](C[C@H](O)[C@H](CC(C)(C)CCO[Si](C(C)C)(C(C)C)C(C)C)NC(=O)OC(C)(C)C)C(C)C. The lowest BCUT2D eigenvalue weighted by Crippen LogP contribution is -2.49. The Morgan fingerprint density at radius 2 is 1.46 bits per heavy atom. The number of aliphatic hydroxyl groups is 1. The topological polar surface area (TPSA) is 67.8 Å². The number of ether oxygens (including phenoxy) is 1. The van der Waals surface area contributed by atoms with Gasteiger partial charge in [-0.1, -0.05) is 75.3 Å². The molecule has 0 bridgehead atoms. The number of aliphatic hydroxyl groups excluding tert-OH is 1. The highest BCUT2D eigenvalue weighted by molar-refractivity contribution is 6.77. The van der Waals surface area contributed by atoms with Gasteiger partial charge in [-0.25, -0.2) is 4.79 Å². The fraction of sp³-hybridized carbons (Fsp3) is 0.897. The Bertz CT molecular complexity index is 615. The molecule has 0 aliphatic rings. The zero-order chi connectivity index (χ0) is 27.8. The quantitative estimate of drug-likeness (QED) is 0.171. The van der Waals surface area contributed by atoms with Crippen LogP contribution in [0, 0.1) is 17.3 Å². The Labute approximate surface area is 219 Å². The lowest BCUT2D eigenvalue weighted by molar-refractivity contribution is 0.0320. The molecule has 0 aliphatic heterocycles. The summed E-state index contributed by atoms with van der Waals surface area (Å²) in [6, 6.07) is -0.414. The first-order chi connectivity index (χ1) is 15.8. The van der Waals surface area contributed by atoms with E-state index in [4.69, 9.17) is 9.16 Å². The van der Waals surface area contributed by atoms with Crippen LogP contribution in [0.4, 0.5) is 4.79 Å². The summed E-state index contributed by atoms with van der Waals surface area (Å²) in [5.74, 6) is 0.543. The maximum Gasteiger partial charge on any atom is 0.407 e. The zero-order valence-electron chi connectivity index (χ0n) is 25.3. The summed E-state index contributed by atoms with van der Waals surface area (Å²) in [7, 11) is -1.93. The van der Waals surface area contributed by atoms with E-state index in [1.807, 2.05) is 26.8 Å². The molecular formula is C29H59NO4Si. The van der Waals surface area contributed by atoms with E-state index in [0.717, 1.165) is 6.42 Å². The van der Waals surface area contributed by atoms with Gasteiger partial charge in [0, 0.05) is 6.61 Å². The van der Waals surface area contributed by atoms with Crippen LogP contribution in [-0.4, -0.2) is 43.9 Å². The summed E-state index contributed by atoms with van der Waals surface area (Å²) in [5.41, 5.74) is 0.902. The van der Waals surface area contributed by atoms with E-state index in [1.54, 1.807) is 0 Å². The Hall–Kier alpha value is -0.853. The molecule has 0 aromatic rings. The highest BCUT2D eigenvalue weighted by Gasteiger charge is 2.45. The van der Waals surface area contributed by atoms with Gasteiger partial charge in [-0.15, -0.1) is 6.58 Å². The van der Waals surface area contributed by atoms with Crippen molar-refractivity contribution in [3.63, 3.8) is 0 Å². The molecule has 0 aromatic carbocycles. The van der Waals surface area contributed by atoms with E-state index in [2.05, 4.69) is 81.1 Å². The molecule has 35 heavy (non-hydrogen) atoms. The number of rotatable bonds is 15. The summed E-state index contributed by atoms with van der Waals surface area (Å²) in [6.45, 7) is 32.7. The zero-order valence-corrected chi connectivity index (χ0v) is 26.3. The molecule has 1 amide bonds. The first-order valence-electron chi connectivity index (χ1n) is 13.7. The predicted molar refractivity (Wildman–Crippen MR) is 152 cm³/mol. The van der Waals surface area contributed by atoms with Gasteiger partial charge in [0.15, 0.2) is 8.32 Å². The minimum absolute atomic E-state index is 0.132. The smallest absolute Gasteiger partial charge is 0.407 e. The number of hydrogen-bond acceptors (Lipinski definition) is 4. The van der Waals surface area contributed by atoms with Gasteiger partial charge in [0.2, 0.25) is 0 Å². The van der Waals surface area contributed by atoms with Crippen LogP contribution in [0.15, 0.2) is 12.7 Å². The number of alkyl carbamates (subject to hydrolysis) is 1. The van der Waals surface area contributed by atoms with Crippen LogP contribution in [0.25, 0.3) is 0 Å². The first kappa shape index (κ1) is 34.1. The second-order valence-electron chi connectivity index (χ2n) is 13.5. The predicted octanol–water partition coefficient (Wildman–Crippen LogP) is 8.09. The molecule has 0 aromatic heterocycles. The van der Waals surface area contributed by atoms with Crippen LogP contribution in [0.2, 0.25) is 16.6 Å². The Morgan fingerprint density at radius 3 is 1.83 bits per heavy atom. The average molecular weight is 514 g/mol. The van der Waals surface area contributed by atoms with Crippen LogP contribution in [0.5, 0.6) is 0 Å². The summed E-state index contributed by atoms with van der Waals surface area (Å²) < 4.78 is 12.3. The van der Waals surface area contributed by atoms with Crippen LogP contribution >= 0.6 is 0 Å². The molecule has 208 valence electrons. The van der Waals surface area contributed by atoms with Crippen molar-refractivity contribution >= 4 is 14.4 Å². The van der Waals surface area contributed by atoms with Crippen LogP contribution < -0.4 is 5.32 Å². The second kappa shape index (κ2) is 14.2. The van der Waals surface area contributed by atoms with Crippen molar-refractivity contribution in [2.24, 2.45) is 17.3 Å². The van der Waals surface area contributed by atoms with Gasteiger partial charge < -0.3 is 19.6 Å². The van der Waals surface area contributed by atoms with E-state index in [1.165, 1.54) is 0 Å². The fourth-order valence-corrected chi connectivity index (χ4v) is 11.0. The molecule has 0 saturated heterocycles. The van der Waals surface area contributed by atoms with E-state index < -0.39 is 32.2 Å². The minimum atomic E-state index is -1.93. The standard InChI is InChI=1S/C29H59NO4Si/c1-15-24(20(2)3)18-26(31)25(30-27(32)34-28(10,11)12)19-29(13,14)16-17-33-35(21(4)5,22(6)7)23(8)9/h15,20-26,31H,1,16-19H2,2-14H3,(H,30,32)/t24-,25+,26+/m1/s1. The third-order valence-corrected chi connectivity index (χ3v) is 13.6. The molecule has 0 radical (unpaired) electrons. The van der Waals surface area contributed by atoms with Crippen LogP contribution in [-0.2, 0) is 9.16 Å². The number of nitrogens with one attached hydrogen (secondary N) is 1. The van der Waals surface area contributed by atoms with Crippen molar-refractivity contribution in [3.8, 4) is 0 Å². The summed E-state index contributed by atoms with van der Waals surface area (Å²) in [5, 5.41) is 14.2. The van der Waals surface area contributed by atoms with Crippen molar-refractivity contribution in [3.05, 3.63) is 12.7 Å². The number of carbonyl (C=O) groups excluding carboxylic acids is 1. The van der Waals surface area contributed by atoms with Gasteiger partial charge in [0.1, 0.15) is 5.60 Å². The van der Waals surface area contributed by atoms with E-state index >= 15 is 0 Å². The Kier molecular flexibility index (Phi) is 13.8. The molecule has 2 N–H and O–H groups in total. The fourth-order valence-electron chi connectivity index (χ4n) is 5.53. The molecule has 0 heterocycles. The van der Waals surface area contributed by atoms with Crippen molar-refractivity contribution < 1.29 is 19.1 Å². The highest BCUT2D eigenvalue weighted by atomic mass is 28.4. The van der Waals surface area contributed by atoms with Crippen molar-refractivity contribution in [2.45, 2.75) is 144 Å². The third-order valence-electron chi connectivity index (χ3n) is 7.45. The molecule has 0 aliphatic carbocycles. The minimum Gasteiger partial charge on any atom is -0.444 e. The Morgan fingerprint density at radius 1 is 0.971 bits per heavy atom. The first-order valence-corrected chi connectivity index (χ1v) is 15.9. The van der Waals surface area contributed by atoms with Gasteiger partial charge in [0.25, 0.3) is 0 Å². The van der Waals surface area contributed by atoms with Crippen molar-refractivity contribution in [1.82, 2.24) is 5.32 Å². The normalized spacial score (nSPS) is 16.1. The van der Waals surface area contributed by atoms with Gasteiger partial charge in [-0.2, -0.15) is 0 Å². The number of allylic oxidation sites excluding steroid dienone is 1. The summed E-state index contributed by atoms with van der Waals surface area (Å²) in [4.78, 5) is 12.6. The van der Waals surface area contributed by atoms with Gasteiger partial charge >= 0.3 is 6.09 Å². The number of hydrogen-bond donors (Lipinski definition) is 2. The summed E-state index contributed by atoms with van der Waals surface area (Å²) in [6.07, 6.45) is 2.78. The lowest BCUT2D eigenvalue weighted by atomic mass is 9.79. The number of amides is 1. The molecule has 5 nitrogen and oxygen atoms in total. The molecule has 0 spiro atoms. The molecule has 0 fully saturated rings. The van der Waals surface area contributed by atoms with Crippen LogP contribution in [0.3, 0.4) is 0 Å². The van der Waals surface area contributed by atoms with Gasteiger partial charge in [0.05, 0.1) is 12.1 Å². The molecule has 0 unspecified atom stereocenters. The van der Waals surface area contributed by atoms with Gasteiger partial charge in [-0.05, 0) is 73.9 Å². The molecule has 0 rings (SSSR count). The molecule has 3 atom stereocenters. The van der Waals surface area contributed by atoms with Gasteiger partial charge in [-0.3, -0.25) is 0 Å². The van der Waals surface area contributed by atoms with E-state index in [0.29, 0.717) is 42.0 Å². The van der Waals surface area contributed by atoms with Crippen molar-refractivity contribution in [2.75, 3.05) is 6.61 Å². The number of carbonyl (C=O) groups is 1. The largest absolute Gasteiger partial charge is 0.444 e. The average Bonchev–Trinajstić information content (AvgIpc) is 2.65. The third kappa shape index (κ3) is 11.4. The lowest BCUT2D eigenvalue weighted by Gasteiger charge is -2.43. The van der Waals surface area contributed by atoms with E-state index in [-0.39, 0.29) is 11.3 Å². The van der Waals surface area contributed by atoms with E-state index in [9.17, 15) is 9.90 Å². The van der Waals surface area contributed by atoms with Crippen molar-refractivity contribution in [1.29, 1.82) is 0 Å². The van der Waals surface area contributed by atoms with Crippen LogP contribution in [0.1, 0.15) is 109 Å². The maximum atomic E-state index is 12.6.